The standard InChI is InChI=1S/C13H12N6O2S/c20-12-4-3-11(19-9-14-8-16-19)17-18(12)6-5-15-13(21)10-2-1-7-22-10/h1-4,7-9H,5-6H2,(H,15,21). The van der Waals surface area contributed by atoms with Crippen molar-refractivity contribution in [2.75, 3.05) is 6.54 Å². The van der Waals surface area contributed by atoms with Crippen LogP contribution in [0.4, 0.5) is 0 Å². The van der Waals surface area contributed by atoms with Crippen LogP contribution < -0.4 is 10.9 Å². The number of rotatable bonds is 5. The summed E-state index contributed by atoms with van der Waals surface area (Å²) in [5, 5.41) is 12.7. The van der Waals surface area contributed by atoms with Crippen LogP contribution in [0.15, 0.2) is 47.1 Å². The fourth-order valence-electron chi connectivity index (χ4n) is 1.82. The van der Waals surface area contributed by atoms with E-state index in [0.29, 0.717) is 17.2 Å². The zero-order valence-electron chi connectivity index (χ0n) is 11.4. The van der Waals surface area contributed by atoms with Crippen LogP contribution in [0.2, 0.25) is 0 Å². The normalized spacial score (nSPS) is 10.5. The molecular formula is C13H12N6O2S. The maximum atomic E-state index is 11.8. The number of aromatic nitrogens is 5. The Hall–Kier alpha value is -2.81. The molecule has 9 heteroatoms. The summed E-state index contributed by atoms with van der Waals surface area (Å²) in [6, 6.07) is 6.53. The smallest absolute Gasteiger partial charge is 0.266 e. The van der Waals surface area contributed by atoms with E-state index < -0.39 is 0 Å². The number of hydrogen-bond donors (Lipinski definition) is 1. The number of nitrogens with zero attached hydrogens (tertiary/aromatic N) is 5. The van der Waals surface area contributed by atoms with Crippen LogP contribution in [0.3, 0.4) is 0 Å². The summed E-state index contributed by atoms with van der Waals surface area (Å²) in [5.41, 5.74) is -0.241. The Labute approximate surface area is 129 Å². The zero-order valence-corrected chi connectivity index (χ0v) is 12.2. The summed E-state index contributed by atoms with van der Waals surface area (Å²) >= 11 is 1.37. The van der Waals surface area contributed by atoms with Crippen LogP contribution in [0.25, 0.3) is 5.82 Å². The monoisotopic (exact) mass is 316 g/mol. The number of nitrogens with one attached hydrogen (secondary N) is 1. The lowest BCUT2D eigenvalue weighted by Gasteiger charge is -2.07. The molecule has 0 fully saturated rings. The zero-order chi connectivity index (χ0) is 15.4. The lowest BCUT2D eigenvalue weighted by molar-refractivity contribution is 0.0956. The second kappa shape index (κ2) is 6.31. The minimum atomic E-state index is -0.241. The van der Waals surface area contributed by atoms with Gasteiger partial charge in [0.05, 0.1) is 11.4 Å². The molecule has 3 aromatic heterocycles. The maximum Gasteiger partial charge on any atom is 0.266 e. The third kappa shape index (κ3) is 3.09. The van der Waals surface area contributed by atoms with Crippen LogP contribution in [0.5, 0.6) is 0 Å². The number of carbonyl (C=O) groups is 1. The molecule has 0 saturated carbocycles. The predicted molar refractivity (Wildman–Crippen MR) is 80.1 cm³/mol. The van der Waals surface area contributed by atoms with Gasteiger partial charge in [0.1, 0.15) is 12.7 Å². The molecule has 1 amide bonds. The third-order valence-electron chi connectivity index (χ3n) is 2.86. The van der Waals surface area contributed by atoms with Gasteiger partial charge < -0.3 is 5.32 Å². The van der Waals surface area contributed by atoms with Crippen molar-refractivity contribution in [1.82, 2.24) is 29.9 Å². The first-order chi connectivity index (χ1) is 10.7. The van der Waals surface area contributed by atoms with E-state index >= 15 is 0 Å². The highest BCUT2D eigenvalue weighted by Gasteiger charge is 2.07. The lowest BCUT2D eigenvalue weighted by atomic mass is 10.4. The molecule has 1 N–H and O–H groups in total. The molecule has 0 aliphatic heterocycles. The molecule has 0 unspecified atom stereocenters. The van der Waals surface area contributed by atoms with Crippen LogP contribution >= 0.6 is 11.3 Å². The van der Waals surface area contributed by atoms with Crippen molar-refractivity contribution >= 4 is 17.2 Å². The largest absolute Gasteiger partial charge is 0.349 e. The number of hydrogen-bond acceptors (Lipinski definition) is 6. The Kier molecular flexibility index (Phi) is 4.05. The summed E-state index contributed by atoms with van der Waals surface area (Å²) in [7, 11) is 0. The first-order valence-electron chi connectivity index (χ1n) is 6.49. The first-order valence-corrected chi connectivity index (χ1v) is 7.37. The summed E-state index contributed by atoms with van der Waals surface area (Å²) in [5.74, 6) is 0.331. The Bertz CT molecular complexity index is 809. The van der Waals surface area contributed by atoms with E-state index in [1.807, 2.05) is 11.4 Å². The van der Waals surface area contributed by atoms with Crippen LogP contribution in [0.1, 0.15) is 9.67 Å². The van der Waals surface area contributed by atoms with E-state index in [9.17, 15) is 9.59 Å². The van der Waals surface area contributed by atoms with Crippen molar-refractivity contribution in [3.8, 4) is 5.82 Å². The predicted octanol–water partition coefficient (Wildman–Crippen LogP) is 0.315. The molecule has 22 heavy (non-hydrogen) atoms. The molecule has 0 spiro atoms. The van der Waals surface area contributed by atoms with Gasteiger partial charge in [0.15, 0.2) is 5.82 Å². The number of thiophene rings is 1. The highest BCUT2D eigenvalue weighted by atomic mass is 32.1. The van der Waals surface area contributed by atoms with E-state index in [1.165, 1.54) is 39.4 Å². The molecule has 3 aromatic rings. The maximum absolute atomic E-state index is 11.8. The molecule has 8 nitrogen and oxygen atoms in total. The molecule has 0 radical (unpaired) electrons. The van der Waals surface area contributed by atoms with Crippen molar-refractivity contribution in [1.29, 1.82) is 0 Å². The van der Waals surface area contributed by atoms with Gasteiger partial charge in [-0.1, -0.05) is 6.07 Å². The van der Waals surface area contributed by atoms with Gasteiger partial charge in [0.2, 0.25) is 0 Å². The van der Waals surface area contributed by atoms with Crippen molar-refractivity contribution in [2.45, 2.75) is 6.54 Å². The van der Waals surface area contributed by atoms with Crippen LogP contribution in [-0.4, -0.2) is 37.0 Å². The fourth-order valence-corrected chi connectivity index (χ4v) is 2.46. The molecule has 0 atom stereocenters. The van der Waals surface area contributed by atoms with Gasteiger partial charge in [0, 0.05) is 12.6 Å². The SMILES string of the molecule is O=C(NCCn1nc(-n2cncn2)ccc1=O)c1cccs1. The van der Waals surface area contributed by atoms with Gasteiger partial charge in [-0.3, -0.25) is 9.59 Å². The van der Waals surface area contributed by atoms with Crippen molar-refractivity contribution in [3.63, 3.8) is 0 Å². The van der Waals surface area contributed by atoms with E-state index in [0.717, 1.165) is 0 Å². The average Bonchev–Trinajstić information content (AvgIpc) is 3.22. The quantitative estimate of drug-likeness (QED) is 0.731. The van der Waals surface area contributed by atoms with E-state index in [2.05, 4.69) is 20.5 Å². The Morgan fingerprint density at radius 1 is 1.32 bits per heavy atom. The summed E-state index contributed by atoms with van der Waals surface area (Å²) in [4.78, 5) is 28.1. The second-order valence-corrected chi connectivity index (χ2v) is 5.27. The molecule has 112 valence electrons. The average molecular weight is 316 g/mol. The van der Waals surface area contributed by atoms with Gasteiger partial charge in [-0.15, -0.1) is 16.4 Å². The highest BCUT2D eigenvalue weighted by Crippen LogP contribution is 2.07. The number of carbonyl (C=O) groups excluding carboxylic acids is 1. The lowest BCUT2D eigenvalue weighted by Crippen LogP contribution is -2.32. The molecule has 0 aliphatic carbocycles. The van der Waals surface area contributed by atoms with Crippen molar-refractivity contribution in [2.24, 2.45) is 0 Å². The van der Waals surface area contributed by atoms with E-state index in [1.54, 1.807) is 12.1 Å². The van der Waals surface area contributed by atoms with Crippen molar-refractivity contribution < 1.29 is 4.79 Å². The van der Waals surface area contributed by atoms with Gasteiger partial charge in [-0.05, 0) is 17.5 Å². The van der Waals surface area contributed by atoms with Gasteiger partial charge in [0.25, 0.3) is 11.5 Å². The Morgan fingerprint density at radius 2 is 2.23 bits per heavy atom. The van der Waals surface area contributed by atoms with Crippen LogP contribution in [-0.2, 0) is 6.54 Å². The fraction of sp³-hybridized carbons (Fsp3) is 0.154. The molecule has 0 bridgehead atoms. The van der Waals surface area contributed by atoms with Crippen LogP contribution in [0, 0.1) is 0 Å². The Balaban J connectivity index is 1.66. The highest BCUT2D eigenvalue weighted by molar-refractivity contribution is 7.12. The minimum absolute atomic E-state index is 0.157. The van der Waals surface area contributed by atoms with Gasteiger partial charge in [-0.2, -0.15) is 5.10 Å². The topological polar surface area (TPSA) is 94.7 Å². The molecule has 3 heterocycles. The second-order valence-electron chi connectivity index (χ2n) is 4.33. The summed E-state index contributed by atoms with van der Waals surface area (Å²) in [6.45, 7) is 0.586. The molecule has 0 saturated heterocycles. The molecule has 0 aliphatic rings. The molecule has 0 aromatic carbocycles. The third-order valence-corrected chi connectivity index (χ3v) is 3.73. The number of amides is 1. The van der Waals surface area contributed by atoms with E-state index in [-0.39, 0.29) is 18.0 Å². The summed E-state index contributed by atoms with van der Waals surface area (Å²) in [6.07, 6.45) is 2.88. The first kappa shape index (κ1) is 14.1. The molecular weight excluding hydrogens is 304 g/mol. The molecule has 3 rings (SSSR count). The van der Waals surface area contributed by atoms with Crippen molar-refractivity contribution in [3.05, 3.63) is 57.5 Å². The summed E-state index contributed by atoms with van der Waals surface area (Å²) < 4.78 is 2.74. The Morgan fingerprint density at radius 3 is 2.95 bits per heavy atom. The minimum Gasteiger partial charge on any atom is -0.349 e. The van der Waals surface area contributed by atoms with Gasteiger partial charge in [-0.25, -0.2) is 14.3 Å². The van der Waals surface area contributed by atoms with E-state index in [4.69, 9.17) is 0 Å². The van der Waals surface area contributed by atoms with Gasteiger partial charge >= 0.3 is 0 Å².